The van der Waals surface area contributed by atoms with Crippen LogP contribution >= 0.6 is 0 Å². The van der Waals surface area contributed by atoms with E-state index >= 15 is 4.79 Å². The quantitative estimate of drug-likeness (QED) is 0.0900. The first kappa shape index (κ1) is 49.2. The first-order valence-electron chi connectivity index (χ1n) is 24.3. The molecule has 9 rings (SSSR count). The monoisotopic (exact) mass is 979 g/mol. The topological polar surface area (TPSA) is 159 Å². The molecule has 5 heterocycles. The lowest BCUT2D eigenvalue weighted by atomic mass is 9.72. The Balaban J connectivity index is 1.03. The number of benzene rings is 4. The fraction of sp³-hybridized carbons (Fsp3) is 0.463. The van der Waals surface area contributed by atoms with Gasteiger partial charge in [0.05, 0.1) is 66.0 Å². The van der Waals surface area contributed by atoms with Crippen molar-refractivity contribution >= 4 is 26.9 Å². The smallest absolute Gasteiger partial charge is 0.289 e. The number of para-hydroxylation sites is 1. The summed E-state index contributed by atoms with van der Waals surface area (Å²) in [6, 6.07) is 22.1. The van der Waals surface area contributed by atoms with Gasteiger partial charge in [-0.3, -0.25) is 9.69 Å². The van der Waals surface area contributed by atoms with Crippen molar-refractivity contribution < 1.29 is 55.9 Å². The minimum Gasteiger partial charge on any atom is -0.497 e. The van der Waals surface area contributed by atoms with Crippen LogP contribution in [0, 0.1) is 11.8 Å². The lowest BCUT2D eigenvalue weighted by molar-refractivity contribution is -0.155. The number of carbonyl (C=O) groups is 1. The molecule has 374 valence electrons. The van der Waals surface area contributed by atoms with Gasteiger partial charge < -0.3 is 47.6 Å². The fourth-order valence-corrected chi connectivity index (χ4v) is 12.7. The van der Waals surface area contributed by atoms with E-state index in [2.05, 4.69) is 30.0 Å². The van der Waals surface area contributed by atoms with Gasteiger partial charge in [-0.25, -0.2) is 8.42 Å². The van der Waals surface area contributed by atoms with Crippen LogP contribution in [0.5, 0.6) is 28.7 Å². The molecule has 0 radical (unpaired) electrons. The van der Waals surface area contributed by atoms with Crippen molar-refractivity contribution in [1.82, 2.24) is 14.1 Å². The van der Waals surface area contributed by atoms with Crippen molar-refractivity contribution in [2.45, 2.75) is 74.6 Å². The van der Waals surface area contributed by atoms with Gasteiger partial charge in [-0.1, -0.05) is 31.5 Å². The Kier molecular flexibility index (Phi) is 15.0. The molecule has 6 atom stereocenters. The molecule has 4 aliphatic rings. The highest BCUT2D eigenvalue weighted by molar-refractivity contribution is 7.89. The molecule has 1 aromatic heterocycles. The standard InChI is InChI=1S/C54H65N3O12S/c1-7-34-32-55-18-16-35-26-48(63-3)50(65-5)30-42(35)45(55)24-37(34)25-46-43-31-51(66-6)49(64-4)27-36(43)17-19-57(46)54(59)52-28-38(44-33-68-47-11-9-8-10-41(44)47)29-53(69-52)67-23-21-56(20-22-58)70(60,61)40-14-12-39(62-2)13-15-40/h8-15,26-28,30-31,33-34,37-38,45-46,53,58H,7,16-25,29,32H2,1-6H3/t34-,37+,38-,45-,46+,53+/m0/s1. The number of hydrogen-bond acceptors (Lipinski definition) is 13. The molecule has 1 fully saturated rings. The third-order valence-electron chi connectivity index (χ3n) is 15.0. The van der Waals surface area contributed by atoms with E-state index < -0.39 is 16.3 Å². The maximum atomic E-state index is 15.5. The fourth-order valence-electron chi connectivity index (χ4n) is 11.3. The molecule has 1 saturated heterocycles. The average Bonchev–Trinajstić information content (AvgIpc) is 3.83. The van der Waals surface area contributed by atoms with Crippen LogP contribution in [0.1, 0.15) is 78.4 Å². The summed E-state index contributed by atoms with van der Waals surface area (Å²) in [6.07, 6.45) is 7.19. The average molecular weight is 980 g/mol. The zero-order valence-corrected chi connectivity index (χ0v) is 41.7. The second kappa shape index (κ2) is 21.3. The van der Waals surface area contributed by atoms with Crippen LogP contribution in [0.25, 0.3) is 11.0 Å². The van der Waals surface area contributed by atoms with Gasteiger partial charge in [-0.2, -0.15) is 4.31 Å². The molecule has 4 aliphatic heterocycles. The Morgan fingerprint density at radius 2 is 1.46 bits per heavy atom. The first-order chi connectivity index (χ1) is 34.0. The van der Waals surface area contributed by atoms with E-state index in [0.717, 1.165) is 71.5 Å². The number of amides is 1. The number of fused-ring (bicyclic) bond motifs is 5. The lowest BCUT2D eigenvalue weighted by Gasteiger charge is -2.49. The largest absolute Gasteiger partial charge is 0.497 e. The zero-order valence-electron chi connectivity index (χ0n) is 40.9. The van der Waals surface area contributed by atoms with Gasteiger partial charge in [0.1, 0.15) is 11.3 Å². The van der Waals surface area contributed by atoms with Gasteiger partial charge >= 0.3 is 0 Å². The molecular weight excluding hydrogens is 915 g/mol. The summed E-state index contributed by atoms with van der Waals surface area (Å²) in [6.45, 7) is 3.96. The van der Waals surface area contributed by atoms with Crippen molar-refractivity contribution in [3.05, 3.63) is 119 Å². The lowest BCUT2D eigenvalue weighted by Crippen LogP contribution is -2.48. The number of carbonyl (C=O) groups excluding carboxylic acids is 1. The zero-order chi connectivity index (χ0) is 49.1. The second-order valence-corrected chi connectivity index (χ2v) is 20.5. The Hall–Kier alpha value is -5.78. The Morgan fingerprint density at radius 1 is 0.786 bits per heavy atom. The van der Waals surface area contributed by atoms with E-state index in [0.29, 0.717) is 49.0 Å². The predicted octanol–water partition coefficient (Wildman–Crippen LogP) is 8.05. The van der Waals surface area contributed by atoms with Crippen LogP contribution in [0.3, 0.4) is 0 Å². The number of allylic oxidation sites excluding steroid dienone is 1. The third kappa shape index (κ3) is 9.68. The van der Waals surface area contributed by atoms with Crippen molar-refractivity contribution in [1.29, 1.82) is 0 Å². The van der Waals surface area contributed by atoms with Crippen LogP contribution in [-0.2, 0) is 37.1 Å². The molecular formula is C54H65N3O12S. The van der Waals surface area contributed by atoms with Crippen LogP contribution < -0.4 is 23.7 Å². The minimum absolute atomic E-state index is 0.0624. The van der Waals surface area contributed by atoms with Gasteiger partial charge in [-0.15, -0.1) is 0 Å². The van der Waals surface area contributed by atoms with Crippen molar-refractivity contribution in [3.63, 3.8) is 0 Å². The SMILES string of the molecule is CC[C@H]1CN2CCc3cc(OC)c(OC)cc3[C@@H]2C[C@@H]1C[C@@H]1c2cc(OC)c(OC)cc2CCN1C(=O)C1=C[C@H](c2coc3ccccc23)C[C@H](OCCN(CCO)S(=O)(=O)c2ccc(OC)cc2)O1. The van der Waals surface area contributed by atoms with Gasteiger partial charge in [-0.05, 0) is 120 Å². The van der Waals surface area contributed by atoms with Crippen molar-refractivity contribution in [3.8, 4) is 28.7 Å². The van der Waals surface area contributed by atoms with Crippen LogP contribution in [0.2, 0.25) is 0 Å². The number of rotatable bonds is 18. The van der Waals surface area contributed by atoms with Crippen LogP contribution in [-0.4, -0.2) is 121 Å². The summed E-state index contributed by atoms with van der Waals surface area (Å²) in [5.41, 5.74) is 6.29. The minimum atomic E-state index is -4.00. The number of piperidine rings is 1. The molecule has 0 aliphatic carbocycles. The molecule has 16 heteroatoms. The highest BCUT2D eigenvalue weighted by atomic mass is 32.2. The number of aliphatic hydroxyl groups excluding tert-OH is 1. The van der Waals surface area contributed by atoms with E-state index in [1.54, 1.807) is 46.8 Å². The molecule has 5 aromatic rings. The summed E-state index contributed by atoms with van der Waals surface area (Å²) in [5.74, 6) is 3.43. The van der Waals surface area contributed by atoms with Gasteiger partial charge in [0.15, 0.2) is 28.8 Å². The molecule has 1 amide bonds. The predicted molar refractivity (Wildman–Crippen MR) is 263 cm³/mol. The van der Waals surface area contributed by atoms with Gasteiger partial charge in [0, 0.05) is 62.1 Å². The summed E-state index contributed by atoms with van der Waals surface area (Å²) >= 11 is 0. The second-order valence-electron chi connectivity index (χ2n) is 18.5. The van der Waals surface area contributed by atoms with Crippen molar-refractivity contribution in [2.24, 2.45) is 11.8 Å². The highest BCUT2D eigenvalue weighted by Gasteiger charge is 2.44. The van der Waals surface area contributed by atoms with Gasteiger partial charge in [0.25, 0.3) is 5.91 Å². The van der Waals surface area contributed by atoms with Crippen molar-refractivity contribution in [2.75, 3.05) is 81.5 Å². The summed E-state index contributed by atoms with van der Waals surface area (Å²) in [5, 5.41) is 10.9. The van der Waals surface area contributed by atoms with Crippen LogP contribution in [0.4, 0.5) is 0 Å². The molecule has 4 aromatic carbocycles. The highest BCUT2D eigenvalue weighted by Crippen LogP contribution is 2.50. The number of methoxy groups -OCH3 is 5. The van der Waals surface area contributed by atoms with Crippen LogP contribution in [0.15, 0.2) is 100 Å². The van der Waals surface area contributed by atoms with E-state index in [1.165, 1.54) is 34.7 Å². The molecule has 1 N–H and O–H groups in total. The summed E-state index contributed by atoms with van der Waals surface area (Å²) < 4.78 is 76.2. The summed E-state index contributed by atoms with van der Waals surface area (Å²) in [4.78, 5) is 20.2. The number of sulfonamides is 1. The number of furan rings is 1. The first-order valence-corrected chi connectivity index (χ1v) is 25.7. The van der Waals surface area contributed by atoms with E-state index in [9.17, 15) is 13.5 Å². The molecule has 15 nitrogen and oxygen atoms in total. The Bertz CT molecular complexity index is 2790. The molecule has 0 bridgehead atoms. The Morgan fingerprint density at radius 3 is 2.14 bits per heavy atom. The maximum Gasteiger partial charge on any atom is 0.289 e. The van der Waals surface area contributed by atoms with Gasteiger partial charge in [0.2, 0.25) is 16.3 Å². The van der Waals surface area contributed by atoms with E-state index in [-0.39, 0.29) is 66.8 Å². The Labute approximate surface area is 410 Å². The molecule has 70 heavy (non-hydrogen) atoms. The number of aliphatic hydroxyl groups is 1. The van der Waals surface area contributed by atoms with E-state index in [4.69, 9.17) is 37.6 Å². The molecule has 0 unspecified atom stereocenters. The molecule has 0 spiro atoms. The maximum absolute atomic E-state index is 15.5. The third-order valence-corrected chi connectivity index (χ3v) is 16.9. The number of ether oxygens (including phenoxy) is 7. The number of nitrogens with zero attached hydrogens (tertiary/aromatic N) is 3. The summed E-state index contributed by atoms with van der Waals surface area (Å²) in [7, 11) is 4.14. The van der Waals surface area contributed by atoms with E-state index in [1.807, 2.05) is 41.3 Å². The molecule has 0 saturated carbocycles. The normalized spacial score (nSPS) is 22.3. The number of hydrogen-bond donors (Lipinski definition) is 1.